The van der Waals surface area contributed by atoms with Gasteiger partial charge in [-0.2, -0.15) is 0 Å². The number of aromatic nitrogens is 2. The van der Waals surface area contributed by atoms with Gasteiger partial charge in [-0.1, -0.05) is 188 Å². The molecule has 11 rings (SSSR count). The Morgan fingerprint density at radius 3 is 1.71 bits per heavy atom. The lowest BCUT2D eigenvalue weighted by atomic mass is 10.0. The van der Waals surface area contributed by atoms with Gasteiger partial charge in [0.1, 0.15) is 0 Å². The van der Waals surface area contributed by atoms with Crippen LogP contribution in [0.5, 0.6) is 0 Å². The Morgan fingerprint density at radius 2 is 0.964 bits per heavy atom. The molecule has 3 nitrogen and oxygen atoms in total. The molecule has 0 spiro atoms. The second-order valence-electron chi connectivity index (χ2n) is 14.2. The van der Waals surface area contributed by atoms with E-state index >= 15 is 4.57 Å². The molecule has 0 bridgehead atoms. The third-order valence-corrected chi connectivity index (χ3v) is 14.4. The maximum atomic E-state index is 16.3. The summed E-state index contributed by atoms with van der Waals surface area (Å²) in [6.07, 6.45) is 0. The van der Waals surface area contributed by atoms with Crippen molar-refractivity contribution in [1.29, 1.82) is 0 Å². The topological polar surface area (TPSA) is 34.9 Å². The van der Waals surface area contributed by atoms with Crippen molar-refractivity contribution in [3.8, 4) is 50.5 Å². The predicted molar refractivity (Wildman–Crippen MR) is 231 cm³/mol. The molecule has 258 valence electrons. The number of nitrogens with zero attached hydrogens (tertiary/aromatic N) is 2. The van der Waals surface area contributed by atoms with Crippen LogP contribution in [0.25, 0.3) is 83.0 Å². The Hall–Kier alpha value is -6.80. The molecule has 0 radical (unpaired) electrons. The first-order valence-corrected chi connectivity index (χ1v) is 20.4. The van der Waals surface area contributed by atoms with E-state index in [-0.39, 0.29) is 0 Å². The first-order chi connectivity index (χ1) is 27.2. The van der Waals surface area contributed by atoms with Gasteiger partial charge >= 0.3 is 0 Å². The van der Waals surface area contributed by atoms with Crippen LogP contribution in [0.1, 0.15) is 0 Å². The molecule has 0 N–H and O–H groups in total. The number of pyridine rings is 1. The minimum atomic E-state index is -3.32. The molecule has 2 aromatic heterocycles. The third kappa shape index (κ3) is 4.84. The highest BCUT2D eigenvalue weighted by Gasteiger charge is 2.43. The summed E-state index contributed by atoms with van der Waals surface area (Å²) in [4.78, 5) is 5.32. The molecule has 0 saturated carbocycles. The maximum Gasteiger partial charge on any atom is 0.174 e. The molecule has 0 amide bonds. The summed E-state index contributed by atoms with van der Waals surface area (Å²) in [5.41, 5.74) is 11.2. The first kappa shape index (κ1) is 31.7. The first-order valence-electron chi connectivity index (χ1n) is 18.7. The highest BCUT2D eigenvalue weighted by molar-refractivity contribution is 7.86. The molecule has 0 saturated heterocycles. The fourth-order valence-electron chi connectivity index (χ4n) is 8.66. The second kappa shape index (κ2) is 12.4. The van der Waals surface area contributed by atoms with E-state index in [9.17, 15) is 0 Å². The highest BCUT2D eigenvalue weighted by Crippen LogP contribution is 2.55. The van der Waals surface area contributed by atoms with E-state index in [1.807, 2.05) is 48.5 Å². The molecule has 3 heterocycles. The summed E-state index contributed by atoms with van der Waals surface area (Å²) in [6, 6.07) is 69.8. The van der Waals surface area contributed by atoms with E-state index in [1.165, 1.54) is 5.56 Å². The molecule has 1 aliphatic heterocycles. The van der Waals surface area contributed by atoms with Crippen LogP contribution in [0.4, 0.5) is 0 Å². The van der Waals surface area contributed by atoms with E-state index in [0.717, 1.165) is 93.4 Å². The van der Waals surface area contributed by atoms with Crippen molar-refractivity contribution in [3.63, 3.8) is 0 Å². The standard InChI is InChI=1S/C51H33N2OP/c54-55(40-19-8-3-9-20-40)48-23-13-12-22-42(48)45-31-30-44-43-29-28-36-16-10-11-21-41(36)49(43)53(50(44)51(45)55)39-32-46(37-17-6-2-7-18-37)52-47(33-39)38-26-24-35(25-27-38)34-14-4-1-5-15-34/h1-33H. The van der Waals surface area contributed by atoms with Gasteiger partial charge in [-0.25, -0.2) is 4.98 Å². The van der Waals surface area contributed by atoms with Gasteiger partial charge in [0.05, 0.1) is 33.4 Å². The molecule has 55 heavy (non-hydrogen) atoms. The van der Waals surface area contributed by atoms with E-state index in [2.05, 4.69) is 156 Å². The van der Waals surface area contributed by atoms with Gasteiger partial charge in [0.15, 0.2) is 7.14 Å². The van der Waals surface area contributed by atoms with Crippen molar-refractivity contribution in [3.05, 3.63) is 200 Å². The van der Waals surface area contributed by atoms with Crippen LogP contribution >= 0.6 is 7.14 Å². The van der Waals surface area contributed by atoms with Crippen LogP contribution in [0.15, 0.2) is 200 Å². The smallest absolute Gasteiger partial charge is 0.174 e. The summed E-state index contributed by atoms with van der Waals surface area (Å²) in [6.45, 7) is 0. The fraction of sp³-hybridized carbons (Fsp3) is 0. The molecule has 0 aliphatic carbocycles. The summed E-state index contributed by atoms with van der Waals surface area (Å²) >= 11 is 0. The van der Waals surface area contributed by atoms with Crippen molar-refractivity contribution < 1.29 is 4.57 Å². The third-order valence-electron chi connectivity index (χ3n) is 11.2. The van der Waals surface area contributed by atoms with Gasteiger partial charge in [-0.05, 0) is 39.8 Å². The second-order valence-corrected chi connectivity index (χ2v) is 16.9. The SMILES string of the molecule is O=P1(c2ccccc2)c2ccccc2-c2ccc3c4ccc5ccccc5c4n(-c4cc(-c5ccccc5)nc(-c5ccc(-c6ccccc6)cc5)c4)c3c21. The Kier molecular flexibility index (Phi) is 7.14. The minimum Gasteiger partial charge on any atom is -0.309 e. The largest absolute Gasteiger partial charge is 0.309 e. The normalized spacial score (nSPS) is 14.7. The van der Waals surface area contributed by atoms with E-state index in [1.54, 1.807) is 0 Å². The lowest BCUT2D eigenvalue weighted by molar-refractivity contribution is 0.593. The minimum absolute atomic E-state index is 0.842. The molecular weight excluding hydrogens is 688 g/mol. The van der Waals surface area contributed by atoms with Gasteiger partial charge in [0, 0.05) is 37.9 Å². The van der Waals surface area contributed by atoms with Crippen LogP contribution in [0.3, 0.4) is 0 Å². The summed E-state index contributed by atoms with van der Waals surface area (Å²) in [5, 5.41) is 7.12. The van der Waals surface area contributed by atoms with Gasteiger partial charge in [-0.3, -0.25) is 0 Å². The number of hydrogen-bond donors (Lipinski definition) is 0. The van der Waals surface area contributed by atoms with E-state index < -0.39 is 7.14 Å². The molecular formula is C51H33N2OP. The molecule has 8 aromatic carbocycles. The lowest BCUT2D eigenvalue weighted by Crippen LogP contribution is -2.22. The Morgan fingerprint density at radius 1 is 0.418 bits per heavy atom. The summed E-state index contributed by atoms with van der Waals surface area (Å²) < 4.78 is 18.7. The molecule has 0 fully saturated rings. The van der Waals surface area contributed by atoms with Gasteiger partial charge < -0.3 is 9.13 Å². The monoisotopic (exact) mass is 720 g/mol. The Balaban J connectivity index is 1.27. The molecule has 1 atom stereocenters. The Labute approximate surface area is 319 Å². The zero-order valence-corrected chi connectivity index (χ0v) is 30.7. The van der Waals surface area contributed by atoms with Crippen molar-refractivity contribution >= 4 is 55.6 Å². The van der Waals surface area contributed by atoms with Crippen molar-refractivity contribution in [2.45, 2.75) is 0 Å². The average Bonchev–Trinajstić information content (AvgIpc) is 3.75. The average molecular weight is 721 g/mol. The van der Waals surface area contributed by atoms with Gasteiger partial charge in [0.2, 0.25) is 0 Å². The predicted octanol–water partition coefficient (Wildman–Crippen LogP) is 12.0. The van der Waals surface area contributed by atoms with Crippen molar-refractivity contribution in [2.24, 2.45) is 0 Å². The molecule has 4 heteroatoms. The van der Waals surface area contributed by atoms with Crippen LogP contribution in [-0.2, 0) is 4.57 Å². The van der Waals surface area contributed by atoms with Crippen LogP contribution < -0.4 is 15.9 Å². The van der Waals surface area contributed by atoms with Gasteiger partial charge in [0.25, 0.3) is 0 Å². The molecule has 1 aliphatic rings. The summed E-state index contributed by atoms with van der Waals surface area (Å²) in [5.74, 6) is 0. The van der Waals surface area contributed by atoms with Crippen LogP contribution in [-0.4, -0.2) is 9.55 Å². The van der Waals surface area contributed by atoms with E-state index in [4.69, 9.17) is 4.98 Å². The maximum absolute atomic E-state index is 16.3. The number of benzene rings is 8. The molecule has 10 aromatic rings. The Bertz CT molecular complexity index is 3150. The quantitative estimate of drug-likeness (QED) is 0.166. The zero-order chi connectivity index (χ0) is 36.5. The highest BCUT2D eigenvalue weighted by atomic mass is 31.2. The van der Waals surface area contributed by atoms with Crippen molar-refractivity contribution in [1.82, 2.24) is 9.55 Å². The number of hydrogen-bond acceptors (Lipinski definition) is 2. The zero-order valence-electron chi connectivity index (χ0n) is 29.8. The fourth-order valence-corrected chi connectivity index (χ4v) is 11.9. The molecule has 1 unspecified atom stereocenters. The van der Waals surface area contributed by atoms with E-state index in [0.29, 0.717) is 0 Å². The van der Waals surface area contributed by atoms with Gasteiger partial charge in [-0.15, -0.1) is 0 Å². The number of rotatable bonds is 5. The summed E-state index contributed by atoms with van der Waals surface area (Å²) in [7, 11) is -3.32. The number of fused-ring (bicyclic) bond motifs is 9. The van der Waals surface area contributed by atoms with Crippen LogP contribution in [0, 0.1) is 0 Å². The van der Waals surface area contributed by atoms with Crippen molar-refractivity contribution in [2.75, 3.05) is 0 Å². The van der Waals surface area contributed by atoms with Crippen LogP contribution in [0.2, 0.25) is 0 Å². The lowest BCUT2D eigenvalue weighted by Gasteiger charge is -2.19.